The molecule has 1 unspecified atom stereocenters. The number of hydrogen-bond acceptors (Lipinski definition) is 2. The third-order valence-corrected chi connectivity index (χ3v) is 3.78. The van der Waals surface area contributed by atoms with E-state index in [-0.39, 0.29) is 6.61 Å². The summed E-state index contributed by atoms with van der Waals surface area (Å²) in [6.45, 7) is 3.26. The van der Waals surface area contributed by atoms with Crippen molar-refractivity contribution in [2.24, 2.45) is 5.92 Å². The van der Waals surface area contributed by atoms with Gasteiger partial charge < -0.3 is 10.0 Å². The third-order valence-electron chi connectivity index (χ3n) is 3.78. The summed E-state index contributed by atoms with van der Waals surface area (Å²) < 4.78 is 0. The minimum atomic E-state index is 0.253. The van der Waals surface area contributed by atoms with E-state index in [1.807, 2.05) is 6.07 Å². The Morgan fingerprint density at radius 3 is 2.10 bits per heavy atom. The number of hydrogen-bond donors (Lipinski definition) is 1. The highest BCUT2D eigenvalue weighted by molar-refractivity contribution is 5.66. The lowest BCUT2D eigenvalue weighted by molar-refractivity contribution is 0.225. The molecule has 0 aliphatic heterocycles. The van der Waals surface area contributed by atoms with Crippen LogP contribution >= 0.6 is 0 Å². The van der Waals surface area contributed by atoms with Gasteiger partial charge in [0.25, 0.3) is 0 Å². The Labute approximate surface area is 121 Å². The molecule has 0 spiro atoms. The fraction of sp³-hybridized carbons (Fsp3) is 0.333. The van der Waals surface area contributed by atoms with Crippen molar-refractivity contribution in [2.75, 3.05) is 25.1 Å². The first kappa shape index (κ1) is 14.6. The molecule has 0 saturated heterocycles. The van der Waals surface area contributed by atoms with Crippen molar-refractivity contribution in [3.05, 3.63) is 54.6 Å². The molecule has 2 aromatic carbocycles. The van der Waals surface area contributed by atoms with E-state index in [4.69, 9.17) is 0 Å². The molecule has 0 aliphatic carbocycles. The lowest BCUT2D eigenvalue weighted by atomic mass is 10.0. The minimum absolute atomic E-state index is 0.253. The number of aliphatic hydroxyl groups is 1. The summed E-state index contributed by atoms with van der Waals surface area (Å²) in [5.41, 5.74) is 3.66. The van der Waals surface area contributed by atoms with Crippen LogP contribution in [0.15, 0.2) is 54.6 Å². The second-order valence-corrected chi connectivity index (χ2v) is 5.25. The molecule has 0 heterocycles. The van der Waals surface area contributed by atoms with E-state index in [9.17, 15) is 5.11 Å². The smallest absolute Gasteiger partial charge is 0.0476 e. The first-order valence-electron chi connectivity index (χ1n) is 7.22. The van der Waals surface area contributed by atoms with Crippen molar-refractivity contribution in [3.63, 3.8) is 0 Å². The fourth-order valence-electron chi connectivity index (χ4n) is 2.35. The first-order chi connectivity index (χ1) is 9.74. The van der Waals surface area contributed by atoms with Gasteiger partial charge in [-0.25, -0.2) is 0 Å². The molecule has 0 aliphatic rings. The summed E-state index contributed by atoms with van der Waals surface area (Å²) in [7, 11) is 2.08. The van der Waals surface area contributed by atoms with E-state index < -0.39 is 0 Å². The highest BCUT2D eigenvalue weighted by atomic mass is 16.3. The topological polar surface area (TPSA) is 23.5 Å². The van der Waals surface area contributed by atoms with Crippen LogP contribution in [-0.2, 0) is 0 Å². The first-order valence-corrected chi connectivity index (χ1v) is 7.22. The molecule has 1 N–H and O–H groups in total. The lowest BCUT2D eigenvalue weighted by Crippen LogP contribution is -2.26. The fourth-order valence-corrected chi connectivity index (χ4v) is 2.35. The monoisotopic (exact) mass is 269 g/mol. The molecule has 1 atom stereocenters. The van der Waals surface area contributed by atoms with Crippen molar-refractivity contribution in [1.29, 1.82) is 0 Å². The number of aliphatic hydroxyl groups excluding tert-OH is 1. The predicted octanol–water partition coefficient (Wildman–Crippen LogP) is 3.81. The standard InChI is InChI=1S/C18H23NO/c1-3-15(14-20)13-19(2)18-11-9-17(10-12-18)16-7-5-4-6-8-16/h4-12,15,20H,3,13-14H2,1-2H3. The molecule has 0 saturated carbocycles. The van der Waals surface area contributed by atoms with Crippen LogP contribution in [0.5, 0.6) is 0 Å². The zero-order chi connectivity index (χ0) is 14.4. The number of anilines is 1. The summed E-state index contributed by atoms with van der Waals surface area (Å²) in [5.74, 6) is 0.341. The van der Waals surface area contributed by atoms with Gasteiger partial charge in [-0.1, -0.05) is 49.4 Å². The van der Waals surface area contributed by atoms with Gasteiger partial charge in [-0.15, -0.1) is 0 Å². The Kier molecular flexibility index (Phi) is 5.19. The van der Waals surface area contributed by atoms with E-state index in [2.05, 4.69) is 67.4 Å². The van der Waals surface area contributed by atoms with Crippen LogP contribution in [0.4, 0.5) is 5.69 Å². The molecule has 2 aromatic rings. The number of benzene rings is 2. The van der Waals surface area contributed by atoms with Crippen molar-refractivity contribution in [3.8, 4) is 11.1 Å². The van der Waals surface area contributed by atoms with Crippen LogP contribution in [0.2, 0.25) is 0 Å². The maximum atomic E-state index is 9.29. The molecule has 0 radical (unpaired) electrons. The van der Waals surface area contributed by atoms with Crippen LogP contribution in [0.1, 0.15) is 13.3 Å². The quantitative estimate of drug-likeness (QED) is 0.862. The summed E-state index contributed by atoms with van der Waals surface area (Å²) in [5, 5.41) is 9.29. The van der Waals surface area contributed by atoms with Gasteiger partial charge in [0.1, 0.15) is 0 Å². The van der Waals surface area contributed by atoms with Gasteiger partial charge in [-0.3, -0.25) is 0 Å². The molecule has 0 amide bonds. The Hall–Kier alpha value is -1.80. The zero-order valence-electron chi connectivity index (χ0n) is 12.3. The van der Waals surface area contributed by atoms with Crippen LogP contribution < -0.4 is 4.90 Å². The molecule has 2 rings (SSSR count). The van der Waals surface area contributed by atoms with E-state index in [0.29, 0.717) is 5.92 Å². The minimum Gasteiger partial charge on any atom is -0.396 e. The zero-order valence-corrected chi connectivity index (χ0v) is 12.3. The third kappa shape index (κ3) is 3.61. The van der Waals surface area contributed by atoms with E-state index in [0.717, 1.165) is 13.0 Å². The Bertz CT molecular complexity index is 503. The second-order valence-electron chi connectivity index (χ2n) is 5.25. The second kappa shape index (κ2) is 7.11. The van der Waals surface area contributed by atoms with Gasteiger partial charge in [0.2, 0.25) is 0 Å². The highest BCUT2D eigenvalue weighted by Gasteiger charge is 2.09. The van der Waals surface area contributed by atoms with Crippen molar-refractivity contribution in [1.82, 2.24) is 0 Å². The summed E-state index contributed by atoms with van der Waals surface area (Å²) >= 11 is 0. The summed E-state index contributed by atoms with van der Waals surface area (Å²) in [6, 6.07) is 19.0. The summed E-state index contributed by atoms with van der Waals surface area (Å²) in [4.78, 5) is 2.21. The van der Waals surface area contributed by atoms with E-state index >= 15 is 0 Å². The molecular formula is C18H23NO. The molecular weight excluding hydrogens is 246 g/mol. The van der Waals surface area contributed by atoms with Crippen LogP contribution in [0, 0.1) is 5.92 Å². The van der Waals surface area contributed by atoms with E-state index in [1.54, 1.807) is 0 Å². The van der Waals surface area contributed by atoms with Gasteiger partial charge in [-0.2, -0.15) is 0 Å². The van der Waals surface area contributed by atoms with Crippen LogP contribution in [0.25, 0.3) is 11.1 Å². The molecule has 0 fully saturated rings. The number of rotatable bonds is 6. The average molecular weight is 269 g/mol. The van der Waals surface area contributed by atoms with Gasteiger partial charge in [-0.05, 0) is 35.6 Å². The van der Waals surface area contributed by atoms with Crippen LogP contribution in [-0.4, -0.2) is 25.3 Å². The normalized spacial score (nSPS) is 12.2. The Balaban J connectivity index is 2.08. The summed E-state index contributed by atoms with van der Waals surface area (Å²) in [6.07, 6.45) is 1.00. The highest BCUT2D eigenvalue weighted by Crippen LogP contribution is 2.23. The van der Waals surface area contributed by atoms with Crippen LogP contribution in [0.3, 0.4) is 0 Å². The largest absolute Gasteiger partial charge is 0.396 e. The molecule has 2 nitrogen and oxygen atoms in total. The molecule has 106 valence electrons. The lowest BCUT2D eigenvalue weighted by Gasteiger charge is -2.24. The molecule has 0 bridgehead atoms. The maximum absolute atomic E-state index is 9.29. The van der Waals surface area contributed by atoms with Crippen molar-refractivity contribution < 1.29 is 5.11 Å². The molecule has 0 aromatic heterocycles. The van der Waals surface area contributed by atoms with Gasteiger partial charge in [0.15, 0.2) is 0 Å². The molecule has 2 heteroatoms. The average Bonchev–Trinajstić information content (AvgIpc) is 2.53. The van der Waals surface area contributed by atoms with E-state index in [1.165, 1.54) is 16.8 Å². The Morgan fingerprint density at radius 2 is 1.55 bits per heavy atom. The predicted molar refractivity (Wildman–Crippen MR) is 86.0 cm³/mol. The van der Waals surface area contributed by atoms with Gasteiger partial charge in [0.05, 0.1) is 0 Å². The Morgan fingerprint density at radius 1 is 0.950 bits per heavy atom. The SMILES string of the molecule is CCC(CO)CN(C)c1ccc(-c2ccccc2)cc1. The number of nitrogens with zero attached hydrogens (tertiary/aromatic N) is 1. The van der Waals surface area contributed by atoms with Gasteiger partial charge in [0, 0.05) is 25.9 Å². The van der Waals surface area contributed by atoms with Gasteiger partial charge >= 0.3 is 0 Å². The molecule has 20 heavy (non-hydrogen) atoms. The van der Waals surface area contributed by atoms with Crippen molar-refractivity contribution in [2.45, 2.75) is 13.3 Å². The maximum Gasteiger partial charge on any atom is 0.0476 e. The van der Waals surface area contributed by atoms with Crippen molar-refractivity contribution >= 4 is 5.69 Å².